The van der Waals surface area contributed by atoms with Gasteiger partial charge < -0.3 is 14.5 Å². The van der Waals surface area contributed by atoms with Crippen molar-refractivity contribution in [1.82, 2.24) is 14.7 Å². The SMILES string of the molecule is CN(C)C(=O)[C@H]1CN(C(=O)CCOc2ccccc2F)CCN1C. The van der Waals surface area contributed by atoms with Crippen molar-refractivity contribution in [2.45, 2.75) is 12.5 Å². The summed E-state index contributed by atoms with van der Waals surface area (Å²) in [6.07, 6.45) is 0.154. The van der Waals surface area contributed by atoms with Crippen molar-refractivity contribution in [3.63, 3.8) is 0 Å². The maximum atomic E-state index is 13.5. The minimum Gasteiger partial charge on any atom is -0.490 e. The molecule has 1 fully saturated rings. The van der Waals surface area contributed by atoms with Gasteiger partial charge in [-0.15, -0.1) is 0 Å². The fraction of sp³-hybridized carbons (Fsp3) is 0.529. The maximum absolute atomic E-state index is 13.5. The molecule has 7 heteroatoms. The lowest BCUT2D eigenvalue weighted by Gasteiger charge is -2.39. The van der Waals surface area contributed by atoms with E-state index in [1.807, 2.05) is 11.9 Å². The van der Waals surface area contributed by atoms with E-state index in [9.17, 15) is 14.0 Å². The Morgan fingerprint density at radius 3 is 2.67 bits per heavy atom. The maximum Gasteiger partial charge on any atom is 0.241 e. The molecule has 0 aliphatic carbocycles. The van der Waals surface area contributed by atoms with Crippen LogP contribution in [-0.4, -0.2) is 79.9 Å². The van der Waals surface area contributed by atoms with Gasteiger partial charge in [0, 0.05) is 33.7 Å². The van der Waals surface area contributed by atoms with Crippen LogP contribution in [0.15, 0.2) is 24.3 Å². The minimum atomic E-state index is -0.443. The molecule has 1 heterocycles. The van der Waals surface area contributed by atoms with Crippen LogP contribution in [0.5, 0.6) is 5.75 Å². The Balaban J connectivity index is 1.86. The highest BCUT2D eigenvalue weighted by molar-refractivity contribution is 5.83. The fourth-order valence-corrected chi connectivity index (χ4v) is 2.63. The number of halogens is 1. The molecule has 2 amide bonds. The van der Waals surface area contributed by atoms with Crippen LogP contribution in [0, 0.1) is 5.82 Å². The normalized spacial score (nSPS) is 18.3. The predicted molar refractivity (Wildman–Crippen MR) is 88.2 cm³/mol. The molecule has 1 aliphatic rings. The zero-order valence-corrected chi connectivity index (χ0v) is 14.4. The zero-order chi connectivity index (χ0) is 17.7. The van der Waals surface area contributed by atoms with E-state index in [2.05, 4.69) is 0 Å². The molecule has 0 N–H and O–H groups in total. The molecule has 0 saturated carbocycles. The molecule has 0 radical (unpaired) electrons. The van der Waals surface area contributed by atoms with E-state index in [-0.39, 0.29) is 36.6 Å². The van der Waals surface area contributed by atoms with Gasteiger partial charge in [-0.3, -0.25) is 14.5 Å². The average molecular weight is 337 g/mol. The lowest BCUT2D eigenvalue weighted by Crippen LogP contribution is -2.58. The van der Waals surface area contributed by atoms with E-state index < -0.39 is 5.82 Å². The Labute approximate surface area is 141 Å². The Kier molecular flexibility index (Phi) is 6.14. The molecule has 1 aliphatic heterocycles. The third-order valence-corrected chi connectivity index (χ3v) is 4.14. The summed E-state index contributed by atoms with van der Waals surface area (Å²) in [5.41, 5.74) is 0. The first-order valence-electron chi connectivity index (χ1n) is 7.96. The first-order valence-corrected chi connectivity index (χ1v) is 7.96. The smallest absolute Gasteiger partial charge is 0.241 e. The Morgan fingerprint density at radius 2 is 2.00 bits per heavy atom. The fourth-order valence-electron chi connectivity index (χ4n) is 2.63. The summed E-state index contributed by atoms with van der Waals surface area (Å²) in [5, 5.41) is 0. The lowest BCUT2D eigenvalue weighted by atomic mass is 10.1. The monoisotopic (exact) mass is 337 g/mol. The average Bonchev–Trinajstić information content (AvgIpc) is 2.56. The molecule has 132 valence electrons. The van der Waals surface area contributed by atoms with Crippen molar-refractivity contribution in [3.05, 3.63) is 30.1 Å². The summed E-state index contributed by atoms with van der Waals surface area (Å²) in [4.78, 5) is 29.7. The number of benzene rings is 1. The number of hydrogen-bond donors (Lipinski definition) is 0. The Bertz CT molecular complexity index is 594. The van der Waals surface area contributed by atoms with Crippen LogP contribution < -0.4 is 4.74 Å². The van der Waals surface area contributed by atoms with Gasteiger partial charge in [-0.25, -0.2) is 4.39 Å². The first-order chi connectivity index (χ1) is 11.4. The van der Waals surface area contributed by atoms with Crippen LogP contribution in [-0.2, 0) is 9.59 Å². The van der Waals surface area contributed by atoms with Gasteiger partial charge in [-0.05, 0) is 19.2 Å². The summed E-state index contributed by atoms with van der Waals surface area (Å²) >= 11 is 0. The number of para-hydroxylation sites is 1. The van der Waals surface area contributed by atoms with Crippen LogP contribution in [0.3, 0.4) is 0 Å². The molecule has 0 unspecified atom stereocenters. The van der Waals surface area contributed by atoms with E-state index in [4.69, 9.17) is 4.74 Å². The number of rotatable bonds is 5. The number of piperazine rings is 1. The molecule has 0 aromatic heterocycles. The number of carbonyl (C=O) groups excluding carboxylic acids is 2. The van der Waals surface area contributed by atoms with Gasteiger partial charge in [0.2, 0.25) is 11.8 Å². The quantitative estimate of drug-likeness (QED) is 0.798. The second-order valence-electron chi connectivity index (χ2n) is 6.10. The van der Waals surface area contributed by atoms with Crippen molar-refractivity contribution in [1.29, 1.82) is 0 Å². The second kappa shape index (κ2) is 8.10. The standard InChI is InChI=1S/C17H24FN3O3/c1-19(2)17(23)14-12-21(10-9-20(14)3)16(22)8-11-24-15-7-5-4-6-13(15)18/h4-7,14H,8-12H2,1-3H3/t14-/m1/s1. The van der Waals surface area contributed by atoms with E-state index in [1.54, 1.807) is 31.1 Å². The highest BCUT2D eigenvalue weighted by Crippen LogP contribution is 2.16. The van der Waals surface area contributed by atoms with Gasteiger partial charge in [-0.1, -0.05) is 12.1 Å². The van der Waals surface area contributed by atoms with Crippen molar-refractivity contribution in [2.75, 3.05) is 47.4 Å². The minimum absolute atomic E-state index is 0.0161. The van der Waals surface area contributed by atoms with Crippen molar-refractivity contribution in [3.8, 4) is 5.75 Å². The summed E-state index contributed by atoms with van der Waals surface area (Å²) in [5.74, 6) is -0.404. The van der Waals surface area contributed by atoms with E-state index in [1.165, 1.54) is 17.0 Å². The molecule has 1 aromatic rings. The van der Waals surface area contributed by atoms with Crippen LogP contribution in [0.2, 0.25) is 0 Å². The van der Waals surface area contributed by atoms with Crippen molar-refractivity contribution < 1.29 is 18.7 Å². The van der Waals surface area contributed by atoms with Gasteiger partial charge in [-0.2, -0.15) is 0 Å². The van der Waals surface area contributed by atoms with Gasteiger partial charge in [0.05, 0.1) is 13.0 Å². The third kappa shape index (κ3) is 4.44. The number of ether oxygens (including phenoxy) is 1. The van der Waals surface area contributed by atoms with Crippen molar-refractivity contribution >= 4 is 11.8 Å². The van der Waals surface area contributed by atoms with Crippen LogP contribution in [0.1, 0.15) is 6.42 Å². The number of nitrogens with zero attached hydrogens (tertiary/aromatic N) is 3. The summed E-state index contributed by atoms with van der Waals surface area (Å²) in [6, 6.07) is 5.78. The highest BCUT2D eigenvalue weighted by atomic mass is 19.1. The number of carbonyl (C=O) groups is 2. The summed E-state index contributed by atoms with van der Waals surface area (Å²) in [6.45, 7) is 1.70. The van der Waals surface area contributed by atoms with Gasteiger partial charge in [0.15, 0.2) is 11.6 Å². The topological polar surface area (TPSA) is 53.1 Å². The largest absolute Gasteiger partial charge is 0.490 e. The predicted octanol–water partition coefficient (Wildman–Crippen LogP) is 0.825. The first kappa shape index (κ1) is 18.2. The molecular weight excluding hydrogens is 313 g/mol. The molecule has 6 nitrogen and oxygen atoms in total. The summed E-state index contributed by atoms with van der Waals surface area (Å²) in [7, 11) is 5.30. The van der Waals surface area contributed by atoms with E-state index in [0.717, 1.165) is 0 Å². The highest BCUT2D eigenvalue weighted by Gasteiger charge is 2.32. The molecule has 1 saturated heterocycles. The molecule has 2 rings (SSSR count). The van der Waals surface area contributed by atoms with Crippen LogP contribution in [0.25, 0.3) is 0 Å². The van der Waals surface area contributed by atoms with Crippen LogP contribution in [0.4, 0.5) is 4.39 Å². The van der Waals surface area contributed by atoms with E-state index >= 15 is 0 Å². The van der Waals surface area contributed by atoms with E-state index in [0.29, 0.717) is 19.6 Å². The lowest BCUT2D eigenvalue weighted by molar-refractivity contribution is -0.141. The van der Waals surface area contributed by atoms with Gasteiger partial charge in [0.1, 0.15) is 6.04 Å². The second-order valence-corrected chi connectivity index (χ2v) is 6.10. The number of hydrogen-bond acceptors (Lipinski definition) is 4. The van der Waals surface area contributed by atoms with Crippen LogP contribution >= 0.6 is 0 Å². The number of likely N-dealkylation sites (N-methyl/N-ethyl adjacent to an activating group) is 2. The molecule has 24 heavy (non-hydrogen) atoms. The van der Waals surface area contributed by atoms with Gasteiger partial charge >= 0.3 is 0 Å². The molecule has 0 spiro atoms. The number of amides is 2. The molecule has 1 aromatic carbocycles. The Morgan fingerprint density at radius 1 is 1.29 bits per heavy atom. The molecular formula is C17H24FN3O3. The third-order valence-electron chi connectivity index (χ3n) is 4.14. The Hall–Kier alpha value is -2.15. The summed E-state index contributed by atoms with van der Waals surface area (Å²) < 4.78 is 18.8. The molecule has 1 atom stereocenters. The zero-order valence-electron chi connectivity index (χ0n) is 14.4. The van der Waals surface area contributed by atoms with Gasteiger partial charge in [0.25, 0.3) is 0 Å². The molecule has 0 bridgehead atoms. The van der Waals surface area contributed by atoms with Crippen molar-refractivity contribution in [2.24, 2.45) is 0 Å².